The number of carbonyl (C=O) groups excluding carboxylic acids is 2. The zero-order valence-electron chi connectivity index (χ0n) is 16.6. The lowest BCUT2D eigenvalue weighted by Crippen LogP contribution is -2.51. The van der Waals surface area contributed by atoms with E-state index in [-0.39, 0.29) is 30.4 Å². The average molecular weight is 360 g/mol. The van der Waals surface area contributed by atoms with Crippen LogP contribution < -0.4 is 5.32 Å². The Balaban J connectivity index is 1.96. The predicted octanol–water partition coefficient (Wildman–Crippen LogP) is 3.44. The average Bonchev–Trinajstić information content (AvgIpc) is 2.57. The molecule has 2 unspecified atom stereocenters. The van der Waals surface area contributed by atoms with Crippen LogP contribution in [0.2, 0.25) is 0 Å². The summed E-state index contributed by atoms with van der Waals surface area (Å²) < 4.78 is 0. The SMILES string of the molecule is CCCN(CC(=O)Nc1ccccc1C)CC(=O)N1C(C)CCCC1C. The van der Waals surface area contributed by atoms with Gasteiger partial charge in [-0.2, -0.15) is 0 Å². The molecule has 0 spiro atoms. The molecular formula is C21H33N3O2. The molecule has 26 heavy (non-hydrogen) atoms. The van der Waals surface area contributed by atoms with E-state index in [4.69, 9.17) is 0 Å². The molecule has 2 amide bonds. The maximum absolute atomic E-state index is 12.9. The van der Waals surface area contributed by atoms with Crippen LogP contribution in [0, 0.1) is 6.92 Å². The van der Waals surface area contributed by atoms with Gasteiger partial charge in [-0.15, -0.1) is 0 Å². The number of nitrogens with one attached hydrogen (secondary N) is 1. The quantitative estimate of drug-likeness (QED) is 0.811. The molecule has 1 aliphatic heterocycles. The molecule has 1 aromatic rings. The minimum Gasteiger partial charge on any atom is -0.336 e. The summed E-state index contributed by atoms with van der Waals surface area (Å²) in [6.07, 6.45) is 4.23. The standard InChI is InChI=1S/C21H33N3O2/c1-5-13-23(14-20(25)22-19-12-7-6-9-16(19)2)15-21(26)24-17(3)10-8-11-18(24)4/h6-7,9,12,17-18H,5,8,10-11,13-15H2,1-4H3,(H,22,25). The highest BCUT2D eigenvalue weighted by atomic mass is 16.2. The maximum Gasteiger partial charge on any atom is 0.238 e. The van der Waals surface area contributed by atoms with E-state index in [1.54, 1.807) is 0 Å². The number of hydrogen-bond donors (Lipinski definition) is 1. The van der Waals surface area contributed by atoms with Gasteiger partial charge >= 0.3 is 0 Å². The fourth-order valence-corrected chi connectivity index (χ4v) is 3.82. The molecule has 1 saturated heterocycles. The lowest BCUT2D eigenvalue weighted by atomic mass is 9.97. The minimum absolute atomic E-state index is 0.0692. The summed E-state index contributed by atoms with van der Waals surface area (Å²) in [5.41, 5.74) is 1.87. The van der Waals surface area contributed by atoms with Crippen molar-refractivity contribution in [3.8, 4) is 0 Å². The van der Waals surface area contributed by atoms with Gasteiger partial charge in [-0.3, -0.25) is 14.5 Å². The van der Waals surface area contributed by atoms with E-state index in [0.29, 0.717) is 6.54 Å². The first-order valence-electron chi connectivity index (χ1n) is 9.81. The van der Waals surface area contributed by atoms with E-state index in [1.807, 2.05) is 41.0 Å². The van der Waals surface area contributed by atoms with Crippen molar-refractivity contribution in [2.24, 2.45) is 0 Å². The van der Waals surface area contributed by atoms with Gasteiger partial charge in [0, 0.05) is 17.8 Å². The van der Waals surface area contributed by atoms with E-state index in [9.17, 15) is 9.59 Å². The third-order valence-electron chi connectivity index (χ3n) is 5.17. The Morgan fingerprint density at radius 1 is 1.15 bits per heavy atom. The first kappa shape index (κ1) is 20.4. The molecule has 144 valence electrons. The van der Waals surface area contributed by atoms with E-state index in [1.165, 1.54) is 6.42 Å². The maximum atomic E-state index is 12.9. The Morgan fingerprint density at radius 3 is 2.42 bits per heavy atom. The van der Waals surface area contributed by atoms with Gasteiger partial charge < -0.3 is 10.2 Å². The number of amides is 2. The van der Waals surface area contributed by atoms with Gasteiger partial charge in [0.2, 0.25) is 11.8 Å². The molecule has 0 saturated carbocycles. The van der Waals surface area contributed by atoms with Gasteiger partial charge in [0.25, 0.3) is 0 Å². The van der Waals surface area contributed by atoms with Crippen LogP contribution in [0.4, 0.5) is 5.69 Å². The first-order valence-corrected chi connectivity index (χ1v) is 9.81. The first-order chi connectivity index (χ1) is 12.4. The van der Waals surface area contributed by atoms with Gasteiger partial charge in [-0.05, 0) is 64.6 Å². The molecule has 1 aliphatic rings. The molecule has 0 aromatic heterocycles. The van der Waals surface area contributed by atoms with Crippen molar-refractivity contribution < 1.29 is 9.59 Å². The zero-order valence-corrected chi connectivity index (χ0v) is 16.6. The smallest absolute Gasteiger partial charge is 0.238 e. The zero-order chi connectivity index (χ0) is 19.1. The molecule has 1 fully saturated rings. The highest BCUT2D eigenvalue weighted by Crippen LogP contribution is 2.22. The van der Waals surface area contributed by atoms with Crippen LogP contribution in [-0.4, -0.2) is 53.3 Å². The van der Waals surface area contributed by atoms with Gasteiger partial charge in [-0.25, -0.2) is 0 Å². The van der Waals surface area contributed by atoms with Crippen molar-refractivity contribution in [2.45, 2.75) is 65.5 Å². The number of hydrogen-bond acceptors (Lipinski definition) is 3. The number of rotatable bonds is 7. The van der Waals surface area contributed by atoms with Crippen LogP contribution >= 0.6 is 0 Å². The monoisotopic (exact) mass is 359 g/mol. The van der Waals surface area contributed by atoms with E-state index < -0.39 is 0 Å². The number of anilines is 1. The van der Waals surface area contributed by atoms with E-state index >= 15 is 0 Å². The molecule has 1 N–H and O–H groups in total. The molecule has 5 heteroatoms. The van der Waals surface area contributed by atoms with Crippen LogP contribution in [0.5, 0.6) is 0 Å². The van der Waals surface area contributed by atoms with Crippen LogP contribution in [0.1, 0.15) is 52.0 Å². The second kappa shape index (κ2) is 9.72. The Bertz CT molecular complexity index is 607. The summed E-state index contributed by atoms with van der Waals surface area (Å²) in [5, 5.41) is 2.96. The van der Waals surface area contributed by atoms with Crippen molar-refractivity contribution in [2.75, 3.05) is 25.0 Å². The van der Waals surface area contributed by atoms with Crippen molar-refractivity contribution in [3.63, 3.8) is 0 Å². The summed E-state index contributed by atoms with van der Waals surface area (Å²) in [6, 6.07) is 8.32. The molecular weight excluding hydrogens is 326 g/mol. The summed E-state index contributed by atoms with van der Waals surface area (Å²) in [4.78, 5) is 29.3. The van der Waals surface area contributed by atoms with Crippen molar-refractivity contribution >= 4 is 17.5 Å². The molecule has 0 bridgehead atoms. The van der Waals surface area contributed by atoms with Crippen molar-refractivity contribution in [1.82, 2.24) is 9.80 Å². The second-order valence-corrected chi connectivity index (χ2v) is 7.50. The van der Waals surface area contributed by atoms with Crippen LogP contribution in [0.15, 0.2) is 24.3 Å². The largest absolute Gasteiger partial charge is 0.336 e. The fraction of sp³-hybridized carbons (Fsp3) is 0.619. The Hall–Kier alpha value is -1.88. The minimum atomic E-state index is -0.0692. The topological polar surface area (TPSA) is 52.7 Å². The summed E-state index contributed by atoms with van der Waals surface area (Å²) in [5.74, 6) is 0.0714. The molecule has 1 heterocycles. The van der Waals surface area contributed by atoms with E-state index in [2.05, 4.69) is 26.1 Å². The number of piperidine rings is 1. The summed E-state index contributed by atoms with van der Waals surface area (Å²) in [6.45, 7) is 9.59. The third kappa shape index (κ3) is 5.56. The second-order valence-electron chi connectivity index (χ2n) is 7.50. The Morgan fingerprint density at radius 2 is 1.81 bits per heavy atom. The Labute approximate surface area is 157 Å². The number of benzene rings is 1. The number of carbonyl (C=O) groups is 2. The van der Waals surface area contributed by atoms with Crippen LogP contribution in [-0.2, 0) is 9.59 Å². The van der Waals surface area contributed by atoms with Crippen LogP contribution in [0.25, 0.3) is 0 Å². The predicted molar refractivity (Wildman–Crippen MR) is 106 cm³/mol. The highest BCUT2D eigenvalue weighted by Gasteiger charge is 2.29. The summed E-state index contributed by atoms with van der Waals surface area (Å²) >= 11 is 0. The molecule has 0 aliphatic carbocycles. The lowest BCUT2D eigenvalue weighted by Gasteiger charge is -2.40. The molecule has 2 atom stereocenters. The molecule has 1 aromatic carbocycles. The normalized spacial score (nSPS) is 20.3. The number of aryl methyl sites for hydroxylation is 1. The van der Waals surface area contributed by atoms with Gasteiger partial charge in [0.05, 0.1) is 13.1 Å². The molecule has 0 radical (unpaired) electrons. The van der Waals surface area contributed by atoms with Crippen LogP contribution in [0.3, 0.4) is 0 Å². The van der Waals surface area contributed by atoms with Gasteiger partial charge in [0.1, 0.15) is 0 Å². The van der Waals surface area contributed by atoms with Crippen molar-refractivity contribution in [1.29, 1.82) is 0 Å². The highest BCUT2D eigenvalue weighted by molar-refractivity contribution is 5.93. The number of nitrogens with zero attached hydrogens (tertiary/aromatic N) is 2. The van der Waals surface area contributed by atoms with E-state index in [0.717, 1.165) is 37.1 Å². The Kier molecular flexibility index (Phi) is 7.64. The fourth-order valence-electron chi connectivity index (χ4n) is 3.82. The molecule has 5 nitrogen and oxygen atoms in total. The lowest BCUT2D eigenvalue weighted by molar-refractivity contribution is -0.138. The van der Waals surface area contributed by atoms with Gasteiger partial charge in [-0.1, -0.05) is 25.1 Å². The van der Waals surface area contributed by atoms with Crippen molar-refractivity contribution in [3.05, 3.63) is 29.8 Å². The third-order valence-corrected chi connectivity index (χ3v) is 5.17. The summed E-state index contributed by atoms with van der Waals surface area (Å²) in [7, 11) is 0. The number of para-hydroxylation sites is 1. The molecule has 2 rings (SSSR count). The van der Waals surface area contributed by atoms with Gasteiger partial charge in [0.15, 0.2) is 0 Å². The number of likely N-dealkylation sites (tertiary alicyclic amines) is 1.